The number of carbonyl (C=O) groups excluding carboxylic acids is 2. The molecule has 6 heteroatoms. The molecule has 0 fully saturated rings. The molecule has 1 N–H and O–H groups in total. The third-order valence-corrected chi connectivity index (χ3v) is 5.61. The second kappa shape index (κ2) is 11.0. The maximum atomic E-state index is 13.8. The predicted octanol–water partition coefficient (Wildman–Crippen LogP) is 4.31. The van der Waals surface area contributed by atoms with Gasteiger partial charge in [-0.1, -0.05) is 42.5 Å². The smallest absolute Gasteiger partial charge is 0.242 e. The van der Waals surface area contributed by atoms with Crippen molar-refractivity contribution in [3.8, 4) is 0 Å². The predicted molar refractivity (Wildman–Crippen MR) is 117 cm³/mol. The van der Waals surface area contributed by atoms with Gasteiger partial charge in [0.25, 0.3) is 0 Å². The Morgan fingerprint density at radius 1 is 1.03 bits per heavy atom. The molecule has 0 aromatic heterocycles. The average Bonchev–Trinajstić information content (AvgIpc) is 2.67. The zero-order valence-electron chi connectivity index (χ0n) is 17.4. The van der Waals surface area contributed by atoms with Crippen LogP contribution >= 0.6 is 11.8 Å². The fraction of sp³-hybridized carbons (Fsp3) is 0.391. The van der Waals surface area contributed by atoms with E-state index < -0.39 is 6.04 Å². The van der Waals surface area contributed by atoms with Crippen molar-refractivity contribution in [1.29, 1.82) is 0 Å². The largest absolute Gasteiger partial charge is 0.352 e. The first-order valence-electron chi connectivity index (χ1n) is 9.75. The topological polar surface area (TPSA) is 49.4 Å². The molecule has 156 valence electrons. The van der Waals surface area contributed by atoms with Gasteiger partial charge in [0, 0.05) is 18.3 Å². The Morgan fingerprint density at radius 3 is 2.28 bits per heavy atom. The van der Waals surface area contributed by atoms with E-state index >= 15 is 0 Å². The summed E-state index contributed by atoms with van der Waals surface area (Å²) >= 11 is 1.35. The van der Waals surface area contributed by atoms with Crippen LogP contribution in [0.5, 0.6) is 0 Å². The van der Waals surface area contributed by atoms with Crippen molar-refractivity contribution in [2.24, 2.45) is 0 Å². The minimum atomic E-state index is -0.599. The first kappa shape index (κ1) is 22.9. The zero-order valence-corrected chi connectivity index (χ0v) is 18.3. The van der Waals surface area contributed by atoms with Crippen LogP contribution < -0.4 is 5.32 Å². The Labute approximate surface area is 176 Å². The molecule has 29 heavy (non-hydrogen) atoms. The van der Waals surface area contributed by atoms with E-state index in [1.54, 1.807) is 30.0 Å². The van der Waals surface area contributed by atoms with E-state index in [4.69, 9.17) is 0 Å². The average molecular weight is 417 g/mol. The third kappa shape index (κ3) is 6.89. The molecule has 0 aliphatic heterocycles. The first-order chi connectivity index (χ1) is 13.8. The van der Waals surface area contributed by atoms with Crippen molar-refractivity contribution in [1.82, 2.24) is 10.2 Å². The molecule has 4 nitrogen and oxygen atoms in total. The van der Waals surface area contributed by atoms with Crippen LogP contribution in [-0.2, 0) is 21.9 Å². The monoisotopic (exact) mass is 416 g/mol. The molecule has 2 rings (SSSR count). The molecular formula is C23H29FN2O2S. The Kier molecular flexibility index (Phi) is 8.70. The van der Waals surface area contributed by atoms with Crippen molar-refractivity contribution >= 4 is 23.6 Å². The number of rotatable bonds is 9. The van der Waals surface area contributed by atoms with Gasteiger partial charge in [0.1, 0.15) is 11.9 Å². The van der Waals surface area contributed by atoms with Crippen LogP contribution in [0.25, 0.3) is 0 Å². The van der Waals surface area contributed by atoms with Gasteiger partial charge in [-0.15, -0.1) is 11.8 Å². The van der Waals surface area contributed by atoms with E-state index in [9.17, 15) is 14.0 Å². The lowest BCUT2D eigenvalue weighted by Crippen LogP contribution is -2.49. The maximum Gasteiger partial charge on any atom is 0.242 e. The molecule has 0 bridgehead atoms. The second-order valence-corrected chi connectivity index (χ2v) is 8.36. The highest BCUT2D eigenvalue weighted by Gasteiger charge is 2.26. The fourth-order valence-corrected chi connectivity index (χ4v) is 3.80. The van der Waals surface area contributed by atoms with E-state index in [-0.39, 0.29) is 29.4 Å². The maximum absolute atomic E-state index is 13.8. The van der Waals surface area contributed by atoms with Gasteiger partial charge in [0.15, 0.2) is 0 Å². The summed E-state index contributed by atoms with van der Waals surface area (Å²) < 4.78 is 13.8. The normalized spacial score (nSPS) is 11.9. The minimum absolute atomic E-state index is 0.00389. The van der Waals surface area contributed by atoms with Crippen LogP contribution in [0.2, 0.25) is 0 Å². The van der Waals surface area contributed by atoms with Gasteiger partial charge in [-0.2, -0.15) is 0 Å². The second-order valence-electron chi connectivity index (χ2n) is 7.37. The number of benzene rings is 2. The summed E-state index contributed by atoms with van der Waals surface area (Å²) in [5.74, 6) is -0.00109. The molecule has 0 spiro atoms. The van der Waals surface area contributed by atoms with Gasteiger partial charge >= 0.3 is 0 Å². The quantitative estimate of drug-likeness (QED) is 0.663. The molecule has 0 aliphatic carbocycles. The number of aryl methyl sites for hydroxylation is 1. The standard InChI is InChI=1S/C23H29FN2O2S/c1-16(2)25-23(28)18(4)26(13-19-10-6-5-9-17(19)3)22(27)15-29-14-20-11-7-8-12-21(20)24/h5-12,16,18H,13-15H2,1-4H3,(H,25,28). The highest BCUT2D eigenvalue weighted by molar-refractivity contribution is 7.99. The third-order valence-electron chi connectivity index (χ3n) is 4.64. The Balaban J connectivity index is 2.10. The van der Waals surface area contributed by atoms with Crippen LogP contribution in [0.1, 0.15) is 37.5 Å². The molecular weight excluding hydrogens is 387 g/mol. The van der Waals surface area contributed by atoms with Gasteiger partial charge in [0.05, 0.1) is 5.75 Å². The SMILES string of the molecule is Cc1ccccc1CN(C(=O)CSCc1ccccc1F)C(C)C(=O)NC(C)C. The van der Waals surface area contributed by atoms with Crippen LogP contribution in [0.15, 0.2) is 48.5 Å². The summed E-state index contributed by atoms with van der Waals surface area (Å²) in [5, 5.41) is 2.88. The van der Waals surface area contributed by atoms with E-state index in [0.717, 1.165) is 11.1 Å². The number of amides is 2. The summed E-state index contributed by atoms with van der Waals surface area (Å²) in [7, 11) is 0. The summed E-state index contributed by atoms with van der Waals surface area (Å²) in [6.45, 7) is 7.88. The number of nitrogens with one attached hydrogen (secondary N) is 1. The van der Waals surface area contributed by atoms with Gasteiger partial charge < -0.3 is 10.2 Å². The molecule has 2 amide bonds. The van der Waals surface area contributed by atoms with Gasteiger partial charge in [-0.3, -0.25) is 9.59 Å². The van der Waals surface area contributed by atoms with Crippen molar-refractivity contribution in [3.05, 3.63) is 71.0 Å². The minimum Gasteiger partial charge on any atom is -0.352 e. The van der Waals surface area contributed by atoms with Gasteiger partial charge in [-0.25, -0.2) is 4.39 Å². The highest BCUT2D eigenvalue weighted by Crippen LogP contribution is 2.19. The lowest BCUT2D eigenvalue weighted by atomic mass is 10.1. The van der Waals surface area contributed by atoms with Crippen LogP contribution in [0.3, 0.4) is 0 Å². The molecule has 0 saturated heterocycles. The molecule has 1 atom stereocenters. The number of halogens is 1. The molecule has 0 aliphatic rings. The molecule has 1 unspecified atom stereocenters. The summed E-state index contributed by atoms with van der Waals surface area (Å²) in [6.07, 6.45) is 0. The lowest BCUT2D eigenvalue weighted by Gasteiger charge is -2.30. The molecule has 0 heterocycles. The van der Waals surface area contributed by atoms with Gasteiger partial charge in [0.2, 0.25) is 11.8 Å². The Hall–Kier alpha value is -2.34. The number of thioether (sulfide) groups is 1. The van der Waals surface area contributed by atoms with Crippen LogP contribution in [-0.4, -0.2) is 34.6 Å². The van der Waals surface area contributed by atoms with E-state index in [1.807, 2.05) is 45.0 Å². The highest BCUT2D eigenvalue weighted by atomic mass is 32.2. The van der Waals surface area contributed by atoms with Crippen LogP contribution in [0.4, 0.5) is 4.39 Å². The Bertz CT molecular complexity index is 841. The summed E-state index contributed by atoms with van der Waals surface area (Å²) in [4.78, 5) is 27.2. The lowest BCUT2D eigenvalue weighted by molar-refractivity contribution is -0.138. The molecule has 0 saturated carbocycles. The first-order valence-corrected chi connectivity index (χ1v) is 10.9. The van der Waals surface area contributed by atoms with Crippen molar-refractivity contribution < 1.29 is 14.0 Å². The number of nitrogens with zero attached hydrogens (tertiary/aromatic N) is 1. The molecule has 2 aromatic carbocycles. The number of carbonyl (C=O) groups is 2. The number of hydrogen-bond donors (Lipinski definition) is 1. The van der Waals surface area contributed by atoms with Crippen molar-refractivity contribution in [2.45, 2.75) is 52.1 Å². The van der Waals surface area contributed by atoms with Crippen molar-refractivity contribution in [2.75, 3.05) is 5.75 Å². The van der Waals surface area contributed by atoms with E-state index in [2.05, 4.69) is 5.32 Å². The summed E-state index contributed by atoms with van der Waals surface area (Å²) in [5.41, 5.74) is 2.64. The summed E-state index contributed by atoms with van der Waals surface area (Å²) in [6, 6.07) is 13.8. The fourth-order valence-electron chi connectivity index (χ4n) is 2.91. The number of hydrogen-bond acceptors (Lipinski definition) is 3. The van der Waals surface area contributed by atoms with Crippen molar-refractivity contribution in [3.63, 3.8) is 0 Å². The van der Waals surface area contributed by atoms with Crippen LogP contribution in [0, 0.1) is 12.7 Å². The Morgan fingerprint density at radius 2 is 1.66 bits per heavy atom. The van der Waals surface area contributed by atoms with Gasteiger partial charge in [-0.05, 0) is 50.5 Å². The zero-order chi connectivity index (χ0) is 21.4. The van der Waals surface area contributed by atoms with E-state index in [1.165, 1.54) is 17.8 Å². The molecule has 2 aromatic rings. The van der Waals surface area contributed by atoms with E-state index in [0.29, 0.717) is 17.9 Å². The molecule has 0 radical (unpaired) electrons.